The van der Waals surface area contributed by atoms with Crippen molar-refractivity contribution in [1.29, 1.82) is 0 Å². The lowest BCUT2D eigenvalue weighted by molar-refractivity contribution is -0.141. The molecule has 0 radical (unpaired) electrons. The highest BCUT2D eigenvalue weighted by Crippen LogP contribution is 2.24. The molecule has 0 spiro atoms. The van der Waals surface area contributed by atoms with Gasteiger partial charge < -0.3 is 10.0 Å². The second kappa shape index (κ2) is 6.38. The van der Waals surface area contributed by atoms with Gasteiger partial charge in [0.1, 0.15) is 6.04 Å². The molecule has 23 heavy (non-hydrogen) atoms. The van der Waals surface area contributed by atoms with Crippen LogP contribution in [0.25, 0.3) is 11.1 Å². The average molecular weight is 331 g/mol. The predicted molar refractivity (Wildman–Crippen MR) is 86.4 cm³/mol. The van der Waals surface area contributed by atoms with Crippen LogP contribution >= 0.6 is 11.6 Å². The molecule has 118 valence electrons. The number of amides is 1. The normalized spacial score (nSPS) is 17.3. The zero-order valence-electron chi connectivity index (χ0n) is 12.3. The highest BCUT2D eigenvalue weighted by atomic mass is 35.5. The molecular formula is C17H15ClN2O3. The number of likely N-dealkylation sites (tertiary alicyclic amines) is 1. The van der Waals surface area contributed by atoms with E-state index in [1.165, 1.54) is 11.1 Å². The predicted octanol–water partition coefficient (Wildman–Crippen LogP) is 3.09. The van der Waals surface area contributed by atoms with Gasteiger partial charge in [0.15, 0.2) is 0 Å². The average Bonchev–Trinajstić information content (AvgIpc) is 3.05. The molecule has 1 aliphatic heterocycles. The first kappa shape index (κ1) is 15.5. The van der Waals surface area contributed by atoms with E-state index in [0.29, 0.717) is 30.0 Å². The van der Waals surface area contributed by atoms with Crippen LogP contribution in [0.3, 0.4) is 0 Å². The van der Waals surface area contributed by atoms with Crippen molar-refractivity contribution >= 4 is 23.5 Å². The Kier molecular flexibility index (Phi) is 4.30. The zero-order valence-corrected chi connectivity index (χ0v) is 13.0. The fourth-order valence-electron chi connectivity index (χ4n) is 2.79. The first-order chi connectivity index (χ1) is 11.1. The molecule has 1 atom stereocenters. The van der Waals surface area contributed by atoms with Crippen molar-refractivity contribution in [3.05, 3.63) is 53.3 Å². The molecule has 1 aromatic carbocycles. The smallest absolute Gasteiger partial charge is 0.326 e. The minimum atomic E-state index is -0.960. The molecule has 2 aromatic rings. The maximum atomic E-state index is 12.6. The Morgan fingerprint density at radius 3 is 2.61 bits per heavy atom. The van der Waals surface area contributed by atoms with Crippen LogP contribution in [0.5, 0.6) is 0 Å². The third kappa shape index (κ3) is 3.19. The van der Waals surface area contributed by atoms with Crippen LogP contribution in [-0.2, 0) is 4.79 Å². The number of carbonyl (C=O) groups excluding carboxylic acids is 1. The second-order valence-electron chi connectivity index (χ2n) is 5.46. The van der Waals surface area contributed by atoms with Gasteiger partial charge in [-0.3, -0.25) is 9.78 Å². The van der Waals surface area contributed by atoms with Gasteiger partial charge in [-0.05, 0) is 36.6 Å². The van der Waals surface area contributed by atoms with Gasteiger partial charge in [0.25, 0.3) is 5.91 Å². The van der Waals surface area contributed by atoms with Gasteiger partial charge in [-0.1, -0.05) is 23.7 Å². The van der Waals surface area contributed by atoms with E-state index in [2.05, 4.69) is 4.98 Å². The van der Waals surface area contributed by atoms with Crippen LogP contribution in [0.15, 0.2) is 42.7 Å². The summed E-state index contributed by atoms with van der Waals surface area (Å²) in [5, 5.41) is 9.85. The molecule has 3 rings (SSSR count). The van der Waals surface area contributed by atoms with Gasteiger partial charge >= 0.3 is 5.97 Å². The molecule has 5 nitrogen and oxygen atoms in total. The lowest BCUT2D eigenvalue weighted by Gasteiger charge is -2.21. The van der Waals surface area contributed by atoms with Crippen LogP contribution in [0.4, 0.5) is 0 Å². The summed E-state index contributed by atoms with van der Waals surface area (Å²) in [4.78, 5) is 29.4. The molecule has 1 amide bonds. The Balaban J connectivity index is 1.89. The minimum Gasteiger partial charge on any atom is -0.480 e. The van der Waals surface area contributed by atoms with E-state index in [1.54, 1.807) is 24.4 Å². The monoisotopic (exact) mass is 330 g/mol. The Hall–Kier alpha value is -2.40. The number of halogens is 1. The molecule has 1 aliphatic rings. The maximum absolute atomic E-state index is 12.6. The summed E-state index contributed by atoms with van der Waals surface area (Å²) in [7, 11) is 0. The molecule has 1 saturated heterocycles. The van der Waals surface area contributed by atoms with Crippen molar-refractivity contribution in [2.45, 2.75) is 18.9 Å². The third-order valence-corrected chi connectivity index (χ3v) is 4.21. The van der Waals surface area contributed by atoms with E-state index in [-0.39, 0.29) is 5.91 Å². The van der Waals surface area contributed by atoms with Crippen molar-refractivity contribution in [2.75, 3.05) is 6.54 Å². The number of carbonyl (C=O) groups is 2. The number of hydrogen-bond donors (Lipinski definition) is 1. The van der Waals surface area contributed by atoms with Crippen LogP contribution in [0.1, 0.15) is 23.2 Å². The maximum Gasteiger partial charge on any atom is 0.326 e. The van der Waals surface area contributed by atoms with Crippen LogP contribution in [-0.4, -0.2) is 39.5 Å². The van der Waals surface area contributed by atoms with Gasteiger partial charge in [-0.2, -0.15) is 0 Å². The molecule has 0 saturated carbocycles. The van der Waals surface area contributed by atoms with Crippen molar-refractivity contribution < 1.29 is 14.7 Å². The molecule has 0 aliphatic carbocycles. The summed E-state index contributed by atoms with van der Waals surface area (Å²) in [5.74, 6) is -1.25. The van der Waals surface area contributed by atoms with E-state index in [4.69, 9.17) is 11.6 Å². The van der Waals surface area contributed by atoms with E-state index in [1.807, 2.05) is 12.1 Å². The van der Waals surface area contributed by atoms with Crippen molar-refractivity contribution in [3.8, 4) is 11.1 Å². The number of aliphatic carboxylic acids is 1. The van der Waals surface area contributed by atoms with Gasteiger partial charge in [0.05, 0.1) is 5.56 Å². The highest BCUT2D eigenvalue weighted by molar-refractivity contribution is 6.30. The first-order valence-corrected chi connectivity index (χ1v) is 7.69. The number of aromatic nitrogens is 1. The first-order valence-electron chi connectivity index (χ1n) is 7.31. The number of benzene rings is 1. The lowest BCUT2D eigenvalue weighted by atomic mass is 10.1. The molecule has 1 fully saturated rings. The molecule has 2 heterocycles. The second-order valence-corrected chi connectivity index (χ2v) is 5.90. The van der Waals surface area contributed by atoms with Crippen molar-refractivity contribution in [1.82, 2.24) is 9.88 Å². The number of nitrogens with zero attached hydrogens (tertiary/aromatic N) is 2. The SMILES string of the molecule is O=C(O)[C@H]1CCCN1C(=O)c1cncc(-c2ccc(Cl)cc2)c1. The van der Waals surface area contributed by atoms with E-state index >= 15 is 0 Å². The van der Waals surface area contributed by atoms with Gasteiger partial charge in [-0.15, -0.1) is 0 Å². The van der Waals surface area contributed by atoms with Crippen LogP contribution < -0.4 is 0 Å². The number of rotatable bonds is 3. The standard InChI is InChI=1S/C17H15ClN2O3/c18-14-5-3-11(4-6-14)12-8-13(10-19-9-12)16(21)20-7-1-2-15(20)17(22)23/h3-6,8-10,15H,1-2,7H2,(H,22,23)/t15-/m1/s1. The minimum absolute atomic E-state index is 0.293. The number of carboxylic acid groups (broad SMARTS) is 1. The van der Waals surface area contributed by atoms with E-state index in [9.17, 15) is 14.7 Å². The Morgan fingerprint density at radius 1 is 1.17 bits per heavy atom. The third-order valence-electron chi connectivity index (χ3n) is 3.96. The van der Waals surface area contributed by atoms with Gasteiger partial charge in [0.2, 0.25) is 0 Å². The number of carboxylic acids is 1. The highest BCUT2D eigenvalue weighted by Gasteiger charge is 2.34. The lowest BCUT2D eigenvalue weighted by Crippen LogP contribution is -2.40. The molecular weight excluding hydrogens is 316 g/mol. The largest absolute Gasteiger partial charge is 0.480 e. The van der Waals surface area contributed by atoms with Crippen molar-refractivity contribution in [2.24, 2.45) is 0 Å². The van der Waals surface area contributed by atoms with Crippen molar-refractivity contribution in [3.63, 3.8) is 0 Å². The van der Waals surface area contributed by atoms with E-state index in [0.717, 1.165) is 11.1 Å². The van der Waals surface area contributed by atoms with Gasteiger partial charge in [-0.25, -0.2) is 4.79 Å². The molecule has 1 N–H and O–H groups in total. The summed E-state index contributed by atoms with van der Waals surface area (Å²) in [6.45, 7) is 0.459. The Morgan fingerprint density at radius 2 is 1.91 bits per heavy atom. The summed E-state index contributed by atoms with van der Waals surface area (Å²) >= 11 is 5.88. The van der Waals surface area contributed by atoms with Crippen LogP contribution in [0.2, 0.25) is 5.02 Å². The summed E-state index contributed by atoms with van der Waals surface area (Å²) < 4.78 is 0. The summed E-state index contributed by atoms with van der Waals surface area (Å²) in [6, 6.07) is 8.23. The summed E-state index contributed by atoms with van der Waals surface area (Å²) in [5.41, 5.74) is 2.08. The molecule has 6 heteroatoms. The molecule has 0 unspecified atom stereocenters. The zero-order chi connectivity index (χ0) is 16.4. The van der Waals surface area contributed by atoms with E-state index < -0.39 is 12.0 Å². The van der Waals surface area contributed by atoms with Crippen LogP contribution in [0, 0.1) is 0 Å². The molecule has 0 bridgehead atoms. The number of pyridine rings is 1. The van der Waals surface area contributed by atoms with Gasteiger partial charge in [0, 0.05) is 29.5 Å². The summed E-state index contributed by atoms with van der Waals surface area (Å²) in [6.07, 6.45) is 4.33. The molecule has 1 aromatic heterocycles. The Labute approximate surface area is 138 Å². The number of hydrogen-bond acceptors (Lipinski definition) is 3. The topological polar surface area (TPSA) is 70.5 Å². The Bertz CT molecular complexity index is 746. The quantitative estimate of drug-likeness (QED) is 0.938. The fraction of sp³-hybridized carbons (Fsp3) is 0.235. The fourth-order valence-corrected chi connectivity index (χ4v) is 2.92.